The Balaban J connectivity index is 2.62. The molecule has 100 valence electrons. The van der Waals surface area contributed by atoms with Crippen molar-refractivity contribution >= 4 is 17.5 Å². The van der Waals surface area contributed by atoms with Gasteiger partial charge in [-0.05, 0) is 24.6 Å². The largest absolute Gasteiger partial charge is 0.496 e. The van der Waals surface area contributed by atoms with E-state index in [0.29, 0.717) is 23.7 Å². The van der Waals surface area contributed by atoms with E-state index in [9.17, 15) is 4.79 Å². The number of methoxy groups -OCH3 is 1. The minimum Gasteiger partial charge on any atom is -0.496 e. The highest BCUT2D eigenvalue weighted by atomic mass is 35.5. The van der Waals surface area contributed by atoms with Crippen LogP contribution in [0.1, 0.15) is 25.3 Å². The molecule has 18 heavy (non-hydrogen) atoms. The van der Waals surface area contributed by atoms with Gasteiger partial charge in [-0.25, -0.2) is 0 Å². The number of hydrogen-bond donors (Lipinski definition) is 2. The molecule has 0 radical (unpaired) electrons. The van der Waals surface area contributed by atoms with Gasteiger partial charge in [-0.1, -0.05) is 24.9 Å². The summed E-state index contributed by atoms with van der Waals surface area (Å²) in [7, 11) is 1.58. The molecule has 1 atom stereocenters. The minimum atomic E-state index is -0.458. The lowest BCUT2D eigenvalue weighted by Gasteiger charge is -2.13. The number of hydrogen-bond acceptors (Lipinski definition) is 3. The molecule has 1 rings (SSSR count). The van der Waals surface area contributed by atoms with E-state index < -0.39 is 6.04 Å². The molecule has 0 aromatic heterocycles. The van der Waals surface area contributed by atoms with Gasteiger partial charge in [0.15, 0.2) is 0 Å². The second-order valence-electron chi connectivity index (χ2n) is 4.07. The Kier molecular flexibility index (Phi) is 5.95. The van der Waals surface area contributed by atoms with Crippen molar-refractivity contribution in [2.45, 2.75) is 32.4 Å². The molecule has 0 heterocycles. The predicted molar refractivity (Wildman–Crippen MR) is 72.7 cm³/mol. The molecule has 0 saturated heterocycles. The van der Waals surface area contributed by atoms with Crippen molar-refractivity contribution in [3.63, 3.8) is 0 Å². The van der Waals surface area contributed by atoms with Crippen LogP contribution >= 0.6 is 11.6 Å². The molecule has 1 aromatic carbocycles. The number of ether oxygens (including phenoxy) is 1. The maximum absolute atomic E-state index is 11.7. The Labute approximate surface area is 112 Å². The fourth-order valence-electron chi connectivity index (χ4n) is 1.64. The van der Waals surface area contributed by atoms with Crippen LogP contribution in [0, 0.1) is 0 Å². The number of carbonyl (C=O) groups is 1. The van der Waals surface area contributed by atoms with Crippen molar-refractivity contribution in [2.24, 2.45) is 5.73 Å². The summed E-state index contributed by atoms with van der Waals surface area (Å²) in [5, 5.41) is 3.39. The minimum absolute atomic E-state index is 0.154. The van der Waals surface area contributed by atoms with Gasteiger partial charge in [0.1, 0.15) is 5.75 Å². The molecule has 0 fully saturated rings. The summed E-state index contributed by atoms with van der Waals surface area (Å²) in [6.45, 7) is 2.35. The molecule has 1 amide bonds. The predicted octanol–water partition coefficient (Wildman–Crippen LogP) is 2.09. The van der Waals surface area contributed by atoms with Crippen LogP contribution in [-0.2, 0) is 11.3 Å². The van der Waals surface area contributed by atoms with Gasteiger partial charge in [0.05, 0.1) is 13.2 Å². The third-order valence-electron chi connectivity index (χ3n) is 2.63. The van der Waals surface area contributed by atoms with Crippen molar-refractivity contribution in [3.8, 4) is 5.75 Å². The lowest BCUT2D eigenvalue weighted by molar-refractivity contribution is -0.122. The third-order valence-corrected chi connectivity index (χ3v) is 2.87. The first-order chi connectivity index (χ1) is 8.58. The van der Waals surface area contributed by atoms with E-state index in [4.69, 9.17) is 22.1 Å². The lowest BCUT2D eigenvalue weighted by Crippen LogP contribution is -2.40. The second-order valence-corrected chi connectivity index (χ2v) is 4.51. The van der Waals surface area contributed by atoms with Gasteiger partial charge in [-0.3, -0.25) is 4.79 Å². The average Bonchev–Trinajstić information content (AvgIpc) is 2.36. The van der Waals surface area contributed by atoms with Crippen molar-refractivity contribution < 1.29 is 9.53 Å². The van der Waals surface area contributed by atoms with Crippen molar-refractivity contribution in [1.29, 1.82) is 0 Å². The molecule has 0 aliphatic heterocycles. The van der Waals surface area contributed by atoms with Crippen LogP contribution in [0.2, 0.25) is 5.02 Å². The summed E-state index contributed by atoms with van der Waals surface area (Å²) < 4.78 is 5.20. The molecule has 0 spiro atoms. The zero-order valence-electron chi connectivity index (χ0n) is 10.7. The summed E-state index contributed by atoms with van der Waals surface area (Å²) in [5.41, 5.74) is 6.56. The number of halogens is 1. The molecule has 4 nitrogen and oxygen atoms in total. The van der Waals surface area contributed by atoms with Crippen LogP contribution in [0.4, 0.5) is 0 Å². The molecule has 0 aliphatic carbocycles. The highest BCUT2D eigenvalue weighted by Crippen LogP contribution is 2.22. The monoisotopic (exact) mass is 270 g/mol. The van der Waals surface area contributed by atoms with E-state index in [1.165, 1.54) is 0 Å². The van der Waals surface area contributed by atoms with Crippen LogP contribution in [0.5, 0.6) is 5.75 Å². The van der Waals surface area contributed by atoms with Gasteiger partial charge in [0.25, 0.3) is 0 Å². The van der Waals surface area contributed by atoms with E-state index in [-0.39, 0.29) is 5.91 Å². The fraction of sp³-hybridized carbons (Fsp3) is 0.462. The Hall–Kier alpha value is -1.26. The topological polar surface area (TPSA) is 64.4 Å². The number of carbonyl (C=O) groups excluding carboxylic acids is 1. The number of benzene rings is 1. The summed E-state index contributed by atoms with van der Waals surface area (Å²) >= 11 is 5.91. The van der Waals surface area contributed by atoms with Crippen molar-refractivity contribution in [1.82, 2.24) is 5.32 Å². The van der Waals surface area contributed by atoms with Crippen molar-refractivity contribution in [2.75, 3.05) is 7.11 Å². The molecule has 1 unspecified atom stereocenters. The SMILES string of the molecule is CCCC(N)C(=O)NCc1cc(Cl)ccc1OC. The van der Waals surface area contributed by atoms with E-state index in [2.05, 4.69) is 5.32 Å². The molecule has 1 aromatic rings. The third kappa shape index (κ3) is 4.20. The van der Waals surface area contributed by atoms with Crippen molar-refractivity contribution in [3.05, 3.63) is 28.8 Å². The maximum Gasteiger partial charge on any atom is 0.237 e. The summed E-state index contributed by atoms with van der Waals surface area (Å²) in [6, 6.07) is 4.83. The Morgan fingerprint density at radius 1 is 1.56 bits per heavy atom. The highest BCUT2D eigenvalue weighted by molar-refractivity contribution is 6.30. The van der Waals surface area contributed by atoms with Gasteiger partial charge >= 0.3 is 0 Å². The first kappa shape index (κ1) is 14.8. The van der Waals surface area contributed by atoms with Crippen LogP contribution in [0.3, 0.4) is 0 Å². The van der Waals surface area contributed by atoms with Gasteiger partial charge in [-0.15, -0.1) is 0 Å². The Morgan fingerprint density at radius 3 is 2.89 bits per heavy atom. The van der Waals surface area contributed by atoms with Crippen LogP contribution in [-0.4, -0.2) is 19.1 Å². The smallest absolute Gasteiger partial charge is 0.237 e. The van der Waals surface area contributed by atoms with E-state index >= 15 is 0 Å². The summed E-state index contributed by atoms with van der Waals surface area (Å²) in [4.78, 5) is 11.7. The maximum atomic E-state index is 11.7. The molecule has 3 N–H and O–H groups in total. The van der Waals surface area contributed by atoms with Crippen LogP contribution in [0.25, 0.3) is 0 Å². The standard InChI is InChI=1S/C13H19ClN2O2/c1-3-4-11(15)13(17)16-8-9-7-10(14)5-6-12(9)18-2/h5-7,11H,3-4,8,15H2,1-2H3,(H,16,17). The number of amides is 1. The lowest BCUT2D eigenvalue weighted by atomic mass is 10.1. The number of nitrogens with two attached hydrogens (primary N) is 1. The quantitative estimate of drug-likeness (QED) is 0.832. The van der Waals surface area contributed by atoms with E-state index in [1.807, 2.05) is 6.92 Å². The van der Waals surface area contributed by atoms with Gasteiger partial charge in [-0.2, -0.15) is 0 Å². The molecular formula is C13H19ClN2O2. The fourth-order valence-corrected chi connectivity index (χ4v) is 1.84. The summed E-state index contributed by atoms with van der Waals surface area (Å²) in [6.07, 6.45) is 1.56. The average molecular weight is 271 g/mol. The molecule has 0 bridgehead atoms. The molecule has 0 aliphatic rings. The van der Waals surface area contributed by atoms with Gasteiger partial charge < -0.3 is 15.8 Å². The molecule has 0 saturated carbocycles. The molecular weight excluding hydrogens is 252 g/mol. The van der Waals surface area contributed by atoms with Crippen LogP contribution < -0.4 is 15.8 Å². The Morgan fingerprint density at radius 2 is 2.28 bits per heavy atom. The number of rotatable bonds is 6. The van der Waals surface area contributed by atoms with Gasteiger partial charge in [0, 0.05) is 17.1 Å². The van der Waals surface area contributed by atoms with Crippen LogP contribution in [0.15, 0.2) is 18.2 Å². The van der Waals surface area contributed by atoms with E-state index in [0.717, 1.165) is 12.0 Å². The van der Waals surface area contributed by atoms with E-state index in [1.54, 1.807) is 25.3 Å². The van der Waals surface area contributed by atoms with Gasteiger partial charge in [0.2, 0.25) is 5.91 Å². The second kappa shape index (κ2) is 7.24. The number of nitrogens with one attached hydrogen (secondary N) is 1. The normalized spacial score (nSPS) is 12.0. The zero-order valence-corrected chi connectivity index (χ0v) is 11.5. The summed E-state index contributed by atoms with van der Waals surface area (Å²) in [5.74, 6) is 0.544. The first-order valence-corrected chi connectivity index (χ1v) is 6.32. The highest BCUT2D eigenvalue weighted by Gasteiger charge is 2.12. The zero-order chi connectivity index (χ0) is 13.5. The molecule has 5 heteroatoms. The Bertz CT molecular complexity index is 410. The first-order valence-electron chi connectivity index (χ1n) is 5.94.